The number of aliphatic hydroxyl groups is 1. The second kappa shape index (κ2) is 5.62. The van der Waals surface area contributed by atoms with Gasteiger partial charge in [0.05, 0.1) is 6.10 Å². The van der Waals surface area contributed by atoms with E-state index >= 15 is 0 Å². The summed E-state index contributed by atoms with van der Waals surface area (Å²) in [5.74, 6) is 0. The first-order valence-corrected chi connectivity index (χ1v) is 7.24. The summed E-state index contributed by atoms with van der Waals surface area (Å²) in [7, 11) is 0. The van der Waals surface area contributed by atoms with Crippen LogP contribution >= 0.6 is 34.5 Å². The molecule has 1 atom stereocenters. The van der Waals surface area contributed by atoms with Gasteiger partial charge < -0.3 is 5.11 Å². The van der Waals surface area contributed by atoms with Gasteiger partial charge in [-0.2, -0.15) is 0 Å². The highest BCUT2D eigenvalue weighted by Gasteiger charge is 2.16. The minimum absolute atomic E-state index is 0.442. The normalized spacial score (nSPS) is 12.7. The van der Waals surface area contributed by atoms with E-state index in [-0.39, 0.29) is 0 Å². The van der Waals surface area contributed by atoms with Crippen molar-refractivity contribution in [3.8, 4) is 0 Å². The van der Waals surface area contributed by atoms with Crippen LogP contribution in [0.4, 0.5) is 0 Å². The maximum Gasteiger partial charge on any atom is 0.0923 e. The average Bonchev–Trinajstić information content (AvgIpc) is 2.64. The molecule has 4 heteroatoms. The highest BCUT2D eigenvalue weighted by atomic mass is 35.5. The Morgan fingerprint density at radius 1 is 1.22 bits per heavy atom. The SMILES string of the molecule is Cc1cc(C(O)Cc2c(Cl)cccc2Cl)sc1C. The quantitative estimate of drug-likeness (QED) is 0.850. The van der Waals surface area contributed by atoms with Gasteiger partial charge in [0.15, 0.2) is 0 Å². The number of aliphatic hydroxyl groups excluding tert-OH is 1. The van der Waals surface area contributed by atoms with Crippen molar-refractivity contribution in [1.82, 2.24) is 0 Å². The first-order chi connectivity index (χ1) is 8.49. The van der Waals surface area contributed by atoms with E-state index in [2.05, 4.69) is 6.92 Å². The summed E-state index contributed by atoms with van der Waals surface area (Å²) < 4.78 is 0. The Hall–Kier alpha value is -0.540. The molecule has 0 aliphatic heterocycles. The van der Waals surface area contributed by atoms with E-state index in [0.717, 1.165) is 10.4 Å². The van der Waals surface area contributed by atoms with E-state index in [4.69, 9.17) is 23.2 Å². The average molecular weight is 301 g/mol. The lowest BCUT2D eigenvalue weighted by Crippen LogP contribution is -2.01. The van der Waals surface area contributed by atoms with Gasteiger partial charge in [0.2, 0.25) is 0 Å². The maximum absolute atomic E-state index is 10.3. The molecule has 1 aromatic carbocycles. The molecule has 1 nitrogen and oxygen atoms in total. The number of hydrogen-bond donors (Lipinski definition) is 1. The van der Waals surface area contributed by atoms with E-state index in [1.54, 1.807) is 29.5 Å². The van der Waals surface area contributed by atoms with E-state index < -0.39 is 6.10 Å². The zero-order valence-electron chi connectivity index (χ0n) is 10.2. The van der Waals surface area contributed by atoms with E-state index in [1.807, 2.05) is 13.0 Å². The molecule has 0 fully saturated rings. The lowest BCUT2D eigenvalue weighted by Gasteiger charge is -2.11. The van der Waals surface area contributed by atoms with Crippen molar-refractivity contribution in [3.63, 3.8) is 0 Å². The Labute approximate surface area is 121 Å². The van der Waals surface area contributed by atoms with Crippen LogP contribution in [0.5, 0.6) is 0 Å². The van der Waals surface area contributed by atoms with E-state index in [1.165, 1.54) is 10.4 Å². The van der Waals surface area contributed by atoms with Crippen LogP contribution in [0.1, 0.15) is 27.0 Å². The molecule has 1 aromatic heterocycles. The molecule has 0 amide bonds. The van der Waals surface area contributed by atoms with Gasteiger partial charge in [-0.1, -0.05) is 29.3 Å². The van der Waals surface area contributed by atoms with Crippen LogP contribution in [0.25, 0.3) is 0 Å². The summed E-state index contributed by atoms with van der Waals surface area (Å²) in [5, 5.41) is 11.5. The fourth-order valence-electron chi connectivity index (χ4n) is 1.79. The van der Waals surface area contributed by atoms with Gasteiger partial charge in [0.1, 0.15) is 0 Å². The molecule has 0 radical (unpaired) electrons. The Kier molecular flexibility index (Phi) is 4.33. The van der Waals surface area contributed by atoms with Crippen molar-refractivity contribution in [1.29, 1.82) is 0 Å². The summed E-state index contributed by atoms with van der Waals surface area (Å²) in [4.78, 5) is 2.19. The predicted molar refractivity (Wildman–Crippen MR) is 78.9 cm³/mol. The predicted octanol–water partition coefficient (Wildman–Crippen LogP) is 4.95. The molecule has 2 aromatic rings. The Morgan fingerprint density at radius 2 is 1.83 bits per heavy atom. The molecule has 0 saturated carbocycles. The number of aryl methyl sites for hydroxylation is 2. The van der Waals surface area contributed by atoms with Crippen LogP contribution in [-0.2, 0) is 6.42 Å². The molecule has 1 N–H and O–H groups in total. The van der Waals surface area contributed by atoms with Gasteiger partial charge in [-0.25, -0.2) is 0 Å². The number of rotatable bonds is 3. The van der Waals surface area contributed by atoms with E-state index in [0.29, 0.717) is 16.5 Å². The second-order valence-electron chi connectivity index (χ2n) is 4.31. The molecule has 0 bridgehead atoms. The molecule has 18 heavy (non-hydrogen) atoms. The fraction of sp³-hybridized carbons (Fsp3) is 0.286. The van der Waals surface area contributed by atoms with Crippen LogP contribution < -0.4 is 0 Å². The Balaban J connectivity index is 2.23. The first-order valence-electron chi connectivity index (χ1n) is 5.67. The van der Waals surface area contributed by atoms with Crippen molar-refractivity contribution in [3.05, 3.63) is 55.2 Å². The topological polar surface area (TPSA) is 20.2 Å². The monoisotopic (exact) mass is 300 g/mol. The number of hydrogen-bond acceptors (Lipinski definition) is 2. The highest BCUT2D eigenvalue weighted by Crippen LogP contribution is 2.32. The van der Waals surface area contributed by atoms with Crippen LogP contribution in [0.15, 0.2) is 24.3 Å². The zero-order chi connectivity index (χ0) is 13.3. The van der Waals surface area contributed by atoms with Crippen LogP contribution in [0.2, 0.25) is 10.0 Å². The van der Waals surface area contributed by atoms with Gasteiger partial charge in [0, 0.05) is 26.2 Å². The maximum atomic E-state index is 10.3. The van der Waals surface area contributed by atoms with Crippen molar-refractivity contribution in [2.24, 2.45) is 0 Å². The molecule has 0 spiro atoms. The third kappa shape index (κ3) is 2.89. The zero-order valence-corrected chi connectivity index (χ0v) is 12.5. The number of halogens is 2. The third-order valence-corrected chi connectivity index (χ3v) is 4.93. The minimum Gasteiger partial charge on any atom is -0.387 e. The number of thiophene rings is 1. The van der Waals surface area contributed by atoms with Crippen LogP contribution in [0.3, 0.4) is 0 Å². The van der Waals surface area contributed by atoms with Gasteiger partial charge >= 0.3 is 0 Å². The van der Waals surface area contributed by atoms with Gasteiger partial charge in [-0.05, 0) is 43.2 Å². The molecule has 0 aliphatic rings. The summed E-state index contributed by atoms with van der Waals surface area (Å²) in [6, 6.07) is 7.41. The van der Waals surface area contributed by atoms with Crippen molar-refractivity contribution >= 4 is 34.5 Å². The Bertz CT molecular complexity index is 523. The molecule has 1 unspecified atom stereocenters. The third-order valence-electron chi connectivity index (χ3n) is 2.97. The summed E-state index contributed by atoms with van der Waals surface area (Å²) in [5.41, 5.74) is 2.01. The summed E-state index contributed by atoms with van der Waals surface area (Å²) >= 11 is 13.8. The minimum atomic E-state index is -0.556. The fourth-order valence-corrected chi connectivity index (χ4v) is 3.37. The van der Waals surface area contributed by atoms with Crippen LogP contribution in [-0.4, -0.2) is 5.11 Å². The van der Waals surface area contributed by atoms with Crippen molar-refractivity contribution in [2.45, 2.75) is 26.4 Å². The second-order valence-corrected chi connectivity index (χ2v) is 6.41. The standard InChI is InChI=1S/C14H14Cl2OS/c1-8-6-14(18-9(8)2)13(17)7-10-11(15)4-3-5-12(10)16/h3-6,13,17H,7H2,1-2H3. The van der Waals surface area contributed by atoms with Gasteiger partial charge in [0.25, 0.3) is 0 Å². The largest absolute Gasteiger partial charge is 0.387 e. The lowest BCUT2D eigenvalue weighted by molar-refractivity contribution is 0.182. The van der Waals surface area contributed by atoms with Crippen molar-refractivity contribution in [2.75, 3.05) is 0 Å². The van der Waals surface area contributed by atoms with Crippen molar-refractivity contribution < 1.29 is 5.11 Å². The summed E-state index contributed by atoms with van der Waals surface area (Å²) in [6.45, 7) is 4.10. The molecule has 96 valence electrons. The molecule has 1 heterocycles. The Morgan fingerprint density at radius 3 is 2.33 bits per heavy atom. The van der Waals surface area contributed by atoms with Crippen LogP contribution in [0, 0.1) is 13.8 Å². The molecular weight excluding hydrogens is 287 g/mol. The summed E-state index contributed by atoms with van der Waals surface area (Å²) in [6.07, 6.45) is -0.113. The van der Waals surface area contributed by atoms with E-state index in [9.17, 15) is 5.11 Å². The highest BCUT2D eigenvalue weighted by molar-refractivity contribution is 7.12. The number of benzene rings is 1. The molecular formula is C14H14Cl2OS. The van der Waals surface area contributed by atoms with Gasteiger partial charge in [-0.15, -0.1) is 11.3 Å². The smallest absolute Gasteiger partial charge is 0.0923 e. The lowest BCUT2D eigenvalue weighted by atomic mass is 10.1. The molecule has 0 saturated heterocycles. The molecule has 2 rings (SSSR count). The molecule has 0 aliphatic carbocycles. The van der Waals surface area contributed by atoms with Gasteiger partial charge in [-0.3, -0.25) is 0 Å². The first kappa shape index (κ1) is 13.9.